The summed E-state index contributed by atoms with van der Waals surface area (Å²) >= 11 is 0. The van der Waals surface area contributed by atoms with E-state index in [2.05, 4.69) is 22.2 Å². The molecule has 0 aliphatic carbocycles. The summed E-state index contributed by atoms with van der Waals surface area (Å²) in [5.74, 6) is 0. The van der Waals surface area contributed by atoms with Crippen LogP contribution >= 0.6 is 0 Å². The van der Waals surface area contributed by atoms with E-state index in [1.54, 1.807) is 18.0 Å². The molecule has 0 spiro atoms. The number of aromatic nitrogens is 4. The van der Waals surface area contributed by atoms with E-state index in [0.29, 0.717) is 6.54 Å². The van der Waals surface area contributed by atoms with Crippen LogP contribution in [-0.2, 0) is 11.3 Å². The minimum atomic E-state index is 0.0608. The number of methoxy groups -OCH3 is 1. The van der Waals surface area contributed by atoms with Crippen molar-refractivity contribution in [2.75, 3.05) is 7.11 Å². The van der Waals surface area contributed by atoms with Gasteiger partial charge in [-0.2, -0.15) is 0 Å². The smallest absolute Gasteiger partial charge is 0.0988 e. The number of nitrogens with zero attached hydrogens (tertiary/aromatic N) is 4. The molecule has 0 aliphatic heterocycles. The highest BCUT2D eigenvalue weighted by Gasteiger charge is 2.09. The molecule has 0 saturated carbocycles. The number of hydrogen-bond acceptors (Lipinski definition) is 4. The quantitative estimate of drug-likeness (QED) is 0.789. The Labute approximate surface area is 100 Å². The summed E-state index contributed by atoms with van der Waals surface area (Å²) < 4.78 is 7.13. The topological polar surface area (TPSA) is 52.8 Å². The predicted octanol–water partition coefficient (Wildman–Crippen LogP) is 1.82. The van der Waals surface area contributed by atoms with Crippen molar-refractivity contribution in [3.05, 3.63) is 42.0 Å². The van der Waals surface area contributed by atoms with Gasteiger partial charge in [-0.1, -0.05) is 18.2 Å². The number of hydrogen-bond donors (Lipinski definition) is 0. The second-order valence-corrected chi connectivity index (χ2v) is 3.79. The minimum absolute atomic E-state index is 0.0608. The standard InChI is InChI=1S/C12H16N4O/c1-3-12(17-2)11-6-4-5-10(14-11)9-16-8-7-13-15-16/h4-8,12H,3,9H2,1-2H3. The van der Waals surface area contributed by atoms with Crippen molar-refractivity contribution in [2.24, 2.45) is 0 Å². The average molecular weight is 232 g/mol. The van der Waals surface area contributed by atoms with Gasteiger partial charge in [-0.25, -0.2) is 4.68 Å². The molecular formula is C12H16N4O. The summed E-state index contributed by atoms with van der Waals surface area (Å²) in [6, 6.07) is 5.96. The summed E-state index contributed by atoms with van der Waals surface area (Å²) in [7, 11) is 1.71. The van der Waals surface area contributed by atoms with Crippen LogP contribution < -0.4 is 0 Å². The molecule has 2 heterocycles. The molecule has 17 heavy (non-hydrogen) atoms. The van der Waals surface area contributed by atoms with E-state index >= 15 is 0 Å². The Balaban J connectivity index is 2.16. The van der Waals surface area contributed by atoms with Crippen LogP contribution in [0.25, 0.3) is 0 Å². The first-order chi connectivity index (χ1) is 8.33. The fraction of sp³-hybridized carbons (Fsp3) is 0.417. The Kier molecular flexibility index (Phi) is 3.82. The molecule has 2 rings (SSSR count). The Morgan fingerprint density at radius 2 is 2.29 bits per heavy atom. The molecule has 5 nitrogen and oxygen atoms in total. The summed E-state index contributed by atoms with van der Waals surface area (Å²) in [6.45, 7) is 2.72. The van der Waals surface area contributed by atoms with E-state index in [0.717, 1.165) is 17.8 Å². The van der Waals surface area contributed by atoms with E-state index < -0.39 is 0 Å². The Bertz CT molecular complexity index is 451. The zero-order valence-electron chi connectivity index (χ0n) is 10.1. The maximum Gasteiger partial charge on any atom is 0.0988 e. The van der Waals surface area contributed by atoms with E-state index in [4.69, 9.17) is 4.74 Å². The summed E-state index contributed by atoms with van der Waals surface area (Å²) in [4.78, 5) is 4.58. The maximum absolute atomic E-state index is 5.38. The second kappa shape index (κ2) is 5.54. The second-order valence-electron chi connectivity index (χ2n) is 3.79. The van der Waals surface area contributed by atoms with Crippen LogP contribution in [0.3, 0.4) is 0 Å². The van der Waals surface area contributed by atoms with Crippen molar-refractivity contribution in [1.82, 2.24) is 20.0 Å². The summed E-state index contributed by atoms with van der Waals surface area (Å²) in [6.07, 6.45) is 4.46. The molecule has 0 bridgehead atoms. The molecule has 5 heteroatoms. The normalized spacial score (nSPS) is 12.6. The maximum atomic E-state index is 5.38. The fourth-order valence-corrected chi connectivity index (χ4v) is 1.75. The average Bonchev–Trinajstić information content (AvgIpc) is 2.84. The molecule has 2 aromatic heterocycles. The molecule has 2 aromatic rings. The van der Waals surface area contributed by atoms with Crippen molar-refractivity contribution in [2.45, 2.75) is 26.0 Å². The fourth-order valence-electron chi connectivity index (χ4n) is 1.75. The van der Waals surface area contributed by atoms with Crippen LogP contribution in [0.4, 0.5) is 0 Å². The monoisotopic (exact) mass is 232 g/mol. The van der Waals surface area contributed by atoms with E-state index in [9.17, 15) is 0 Å². The van der Waals surface area contributed by atoms with Gasteiger partial charge >= 0.3 is 0 Å². The highest BCUT2D eigenvalue weighted by molar-refractivity contribution is 5.13. The molecule has 0 fully saturated rings. The number of pyridine rings is 1. The van der Waals surface area contributed by atoms with E-state index in [-0.39, 0.29) is 6.10 Å². The van der Waals surface area contributed by atoms with Crippen LogP contribution in [0, 0.1) is 0 Å². The van der Waals surface area contributed by atoms with Crippen molar-refractivity contribution in [1.29, 1.82) is 0 Å². The predicted molar refractivity (Wildman–Crippen MR) is 63.4 cm³/mol. The number of ether oxygens (including phenoxy) is 1. The molecule has 0 saturated heterocycles. The zero-order chi connectivity index (χ0) is 12.1. The van der Waals surface area contributed by atoms with Gasteiger partial charge in [0.1, 0.15) is 0 Å². The minimum Gasteiger partial charge on any atom is -0.375 e. The molecule has 0 aliphatic rings. The zero-order valence-corrected chi connectivity index (χ0v) is 10.1. The molecule has 90 valence electrons. The van der Waals surface area contributed by atoms with Crippen LogP contribution in [0.1, 0.15) is 30.8 Å². The molecule has 0 amide bonds. The van der Waals surface area contributed by atoms with Crippen LogP contribution in [0.15, 0.2) is 30.6 Å². The van der Waals surface area contributed by atoms with Gasteiger partial charge in [0.2, 0.25) is 0 Å². The van der Waals surface area contributed by atoms with Crippen LogP contribution in [0.5, 0.6) is 0 Å². The van der Waals surface area contributed by atoms with Gasteiger partial charge in [0.15, 0.2) is 0 Å². The Morgan fingerprint density at radius 1 is 1.41 bits per heavy atom. The third kappa shape index (κ3) is 2.88. The van der Waals surface area contributed by atoms with Gasteiger partial charge in [0.25, 0.3) is 0 Å². The Morgan fingerprint density at radius 3 is 2.94 bits per heavy atom. The van der Waals surface area contributed by atoms with Gasteiger partial charge in [0, 0.05) is 13.3 Å². The van der Waals surface area contributed by atoms with Crippen molar-refractivity contribution in [3.8, 4) is 0 Å². The molecule has 1 unspecified atom stereocenters. The first kappa shape index (κ1) is 11.7. The molecule has 0 aromatic carbocycles. The third-order valence-electron chi connectivity index (χ3n) is 2.61. The van der Waals surface area contributed by atoms with Gasteiger partial charge < -0.3 is 4.74 Å². The third-order valence-corrected chi connectivity index (χ3v) is 2.61. The molecular weight excluding hydrogens is 216 g/mol. The van der Waals surface area contributed by atoms with Crippen LogP contribution in [0.2, 0.25) is 0 Å². The van der Waals surface area contributed by atoms with Gasteiger partial charge in [-0.15, -0.1) is 5.10 Å². The lowest BCUT2D eigenvalue weighted by atomic mass is 10.1. The van der Waals surface area contributed by atoms with E-state index in [1.165, 1.54) is 0 Å². The van der Waals surface area contributed by atoms with Gasteiger partial charge in [-0.05, 0) is 18.6 Å². The molecule has 0 radical (unpaired) electrons. The highest BCUT2D eigenvalue weighted by Crippen LogP contribution is 2.18. The van der Waals surface area contributed by atoms with Gasteiger partial charge in [0.05, 0.1) is 30.2 Å². The number of rotatable bonds is 5. The van der Waals surface area contributed by atoms with Crippen molar-refractivity contribution in [3.63, 3.8) is 0 Å². The van der Waals surface area contributed by atoms with Gasteiger partial charge in [-0.3, -0.25) is 4.98 Å². The summed E-state index contributed by atoms with van der Waals surface area (Å²) in [5.41, 5.74) is 1.93. The Hall–Kier alpha value is -1.75. The highest BCUT2D eigenvalue weighted by atomic mass is 16.5. The van der Waals surface area contributed by atoms with Crippen molar-refractivity contribution < 1.29 is 4.74 Å². The lowest BCUT2D eigenvalue weighted by molar-refractivity contribution is 0.0963. The summed E-state index contributed by atoms with van der Waals surface area (Å²) in [5, 5.41) is 7.69. The van der Waals surface area contributed by atoms with Crippen LogP contribution in [-0.4, -0.2) is 27.1 Å². The largest absolute Gasteiger partial charge is 0.375 e. The lowest BCUT2D eigenvalue weighted by Gasteiger charge is -2.13. The lowest BCUT2D eigenvalue weighted by Crippen LogP contribution is -2.07. The SMILES string of the molecule is CCC(OC)c1cccc(Cn2ccnn2)n1. The van der Waals surface area contributed by atoms with E-state index in [1.807, 2.05) is 24.4 Å². The van der Waals surface area contributed by atoms with Crippen molar-refractivity contribution >= 4 is 0 Å². The molecule has 1 atom stereocenters. The first-order valence-corrected chi connectivity index (χ1v) is 5.66. The molecule has 0 N–H and O–H groups in total. The first-order valence-electron chi connectivity index (χ1n) is 5.66.